The zero-order chi connectivity index (χ0) is 26.0. The molecule has 0 aliphatic carbocycles. The number of aryl methyl sites for hydroxylation is 2. The van der Waals surface area contributed by atoms with Crippen molar-refractivity contribution in [3.8, 4) is 17.2 Å². The molecule has 5 heteroatoms. The molecule has 0 spiro atoms. The van der Waals surface area contributed by atoms with Gasteiger partial charge < -0.3 is 5.32 Å². The molecule has 0 fully saturated rings. The zero-order valence-corrected chi connectivity index (χ0v) is 23.7. The molecule has 3 rings (SSSR count). The molecule has 1 unspecified atom stereocenters. The first kappa shape index (κ1) is 27.0. The maximum absolute atomic E-state index is 12.3. The number of rotatable bonds is 6. The van der Waals surface area contributed by atoms with Crippen LogP contribution in [0.5, 0.6) is 0 Å². The number of amides is 1. The molecule has 1 amide bonds. The molecule has 0 saturated heterocycles. The minimum Gasteiger partial charge on any atom is -0.338 e. The van der Waals surface area contributed by atoms with Crippen molar-refractivity contribution in [2.24, 2.45) is 5.41 Å². The van der Waals surface area contributed by atoms with Crippen molar-refractivity contribution < 1.29 is 4.79 Å². The maximum Gasteiger partial charge on any atom is 0.262 e. The molecule has 1 aromatic heterocycles. The van der Waals surface area contributed by atoms with E-state index in [2.05, 4.69) is 103 Å². The SMILES string of the molecule is Cc1cc(SC(c2ccc(C(=O)NCC#N)s2)C(C)(C)C)cc(C)c1-c1ccc(C(C)(C)C)cc1. The summed E-state index contributed by atoms with van der Waals surface area (Å²) in [5.74, 6) is -0.186. The van der Waals surface area contributed by atoms with E-state index in [4.69, 9.17) is 5.26 Å². The minimum absolute atomic E-state index is 0.000806. The van der Waals surface area contributed by atoms with Crippen LogP contribution in [0.25, 0.3) is 11.1 Å². The largest absolute Gasteiger partial charge is 0.338 e. The van der Waals surface area contributed by atoms with Gasteiger partial charge in [0.1, 0.15) is 6.54 Å². The topological polar surface area (TPSA) is 52.9 Å². The molecular formula is C30H36N2OS2. The molecule has 0 saturated carbocycles. The lowest BCUT2D eigenvalue weighted by molar-refractivity contribution is 0.0962. The summed E-state index contributed by atoms with van der Waals surface area (Å²) in [7, 11) is 0. The Balaban J connectivity index is 1.90. The third kappa shape index (κ3) is 6.57. The number of benzene rings is 2. The highest BCUT2D eigenvalue weighted by Crippen LogP contribution is 2.50. The monoisotopic (exact) mass is 504 g/mol. The summed E-state index contributed by atoms with van der Waals surface area (Å²) in [5.41, 5.74) is 6.58. The van der Waals surface area contributed by atoms with Gasteiger partial charge in [0.25, 0.3) is 5.91 Å². The summed E-state index contributed by atoms with van der Waals surface area (Å²) in [6, 6.07) is 19.4. The highest BCUT2D eigenvalue weighted by atomic mass is 32.2. The average Bonchev–Trinajstić information content (AvgIpc) is 3.24. The number of nitrogens with zero attached hydrogens (tertiary/aromatic N) is 1. The Bertz CT molecular complexity index is 1210. The van der Waals surface area contributed by atoms with Crippen LogP contribution in [-0.4, -0.2) is 12.5 Å². The molecule has 0 bridgehead atoms. The van der Waals surface area contributed by atoms with E-state index in [0.29, 0.717) is 4.88 Å². The molecule has 0 aliphatic rings. The first-order valence-electron chi connectivity index (χ1n) is 11.9. The van der Waals surface area contributed by atoms with Gasteiger partial charge in [-0.15, -0.1) is 23.1 Å². The van der Waals surface area contributed by atoms with Crippen LogP contribution in [0, 0.1) is 30.6 Å². The van der Waals surface area contributed by atoms with E-state index in [1.165, 1.54) is 48.9 Å². The van der Waals surface area contributed by atoms with Crippen LogP contribution in [0.1, 0.15) is 78.0 Å². The normalized spacial score (nSPS) is 12.8. The maximum atomic E-state index is 12.3. The van der Waals surface area contributed by atoms with Crippen molar-refractivity contribution in [1.29, 1.82) is 5.26 Å². The van der Waals surface area contributed by atoms with Gasteiger partial charge in [0.05, 0.1) is 10.9 Å². The van der Waals surface area contributed by atoms with Crippen molar-refractivity contribution >= 4 is 29.0 Å². The van der Waals surface area contributed by atoms with E-state index in [1.54, 1.807) is 0 Å². The number of carbonyl (C=O) groups is 1. The third-order valence-electron chi connectivity index (χ3n) is 6.02. The average molecular weight is 505 g/mol. The van der Waals surface area contributed by atoms with Crippen molar-refractivity contribution in [2.75, 3.05) is 6.54 Å². The van der Waals surface area contributed by atoms with Crippen LogP contribution in [0.15, 0.2) is 53.4 Å². The van der Waals surface area contributed by atoms with E-state index < -0.39 is 0 Å². The molecule has 0 radical (unpaired) electrons. The van der Waals surface area contributed by atoms with Crippen LogP contribution in [0.3, 0.4) is 0 Å². The predicted molar refractivity (Wildman–Crippen MR) is 150 cm³/mol. The van der Waals surface area contributed by atoms with E-state index in [-0.39, 0.29) is 28.5 Å². The first-order chi connectivity index (χ1) is 16.3. The van der Waals surface area contributed by atoms with Crippen LogP contribution in [-0.2, 0) is 5.41 Å². The molecule has 1 N–H and O–H groups in total. The lowest BCUT2D eigenvalue weighted by Gasteiger charge is -2.30. The number of hydrogen-bond donors (Lipinski definition) is 1. The van der Waals surface area contributed by atoms with Gasteiger partial charge in [-0.2, -0.15) is 5.26 Å². The standard InChI is InChI=1S/C30H36N2OS2/c1-19-17-23(18-20(2)26(19)21-9-11-22(12-10-21)29(3,4)5)34-27(30(6,7)8)24-13-14-25(35-24)28(33)32-16-15-31/h9-14,17-18,27H,16H2,1-8H3,(H,32,33). The Hall–Kier alpha value is -2.55. The Morgan fingerprint density at radius 2 is 1.60 bits per heavy atom. The molecule has 0 aliphatic heterocycles. The van der Waals surface area contributed by atoms with Gasteiger partial charge in [-0.05, 0) is 76.8 Å². The van der Waals surface area contributed by atoms with Crippen LogP contribution in [0.4, 0.5) is 0 Å². The van der Waals surface area contributed by atoms with Crippen LogP contribution >= 0.6 is 23.1 Å². The summed E-state index contributed by atoms with van der Waals surface area (Å²) in [4.78, 5) is 15.4. The minimum atomic E-state index is -0.186. The predicted octanol–water partition coefficient (Wildman–Crippen LogP) is 8.46. The van der Waals surface area contributed by atoms with Crippen molar-refractivity contribution in [3.63, 3.8) is 0 Å². The Labute approximate surface area is 219 Å². The van der Waals surface area contributed by atoms with Gasteiger partial charge in [-0.25, -0.2) is 0 Å². The molecule has 184 valence electrons. The number of nitrogens with one attached hydrogen (secondary N) is 1. The molecule has 1 atom stereocenters. The van der Waals surface area contributed by atoms with Gasteiger partial charge >= 0.3 is 0 Å². The first-order valence-corrected chi connectivity index (χ1v) is 13.6. The highest BCUT2D eigenvalue weighted by Gasteiger charge is 2.30. The van der Waals surface area contributed by atoms with E-state index in [9.17, 15) is 4.79 Å². The summed E-state index contributed by atoms with van der Waals surface area (Å²) >= 11 is 3.37. The number of nitriles is 1. The third-order valence-corrected chi connectivity index (χ3v) is 9.03. The fraction of sp³-hybridized carbons (Fsp3) is 0.400. The van der Waals surface area contributed by atoms with Gasteiger partial charge in [-0.1, -0.05) is 65.8 Å². The highest BCUT2D eigenvalue weighted by molar-refractivity contribution is 7.99. The smallest absolute Gasteiger partial charge is 0.262 e. The second-order valence-electron chi connectivity index (χ2n) is 11.2. The summed E-state index contributed by atoms with van der Waals surface area (Å²) in [6.45, 7) is 17.9. The molecular weight excluding hydrogens is 468 g/mol. The van der Waals surface area contributed by atoms with Crippen LogP contribution in [0.2, 0.25) is 0 Å². The molecule has 1 heterocycles. The molecule has 3 nitrogen and oxygen atoms in total. The van der Waals surface area contributed by atoms with Crippen LogP contribution < -0.4 is 5.32 Å². The molecule has 35 heavy (non-hydrogen) atoms. The summed E-state index contributed by atoms with van der Waals surface area (Å²) in [5, 5.41) is 11.6. The number of carbonyl (C=O) groups excluding carboxylic acids is 1. The van der Waals surface area contributed by atoms with Gasteiger partial charge in [0, 0.05) is 15.0 Å². The number of hydrogen-bond acceptors (Lipinski definition) is 4. The molecule has 3 aromatic rings. The second-order valence-corrected chi connectivity index (χ2v) is 13.5. The van der Waals surface area contributed by atoms with E-state index in [1.807, 2.05) is 23.9 Å². The summed E-state index contributed by atoms with van der Waals surface area (Å²) < 4.78 is 0. The van der Waals surface area contributed by atoms with Gasteiger partial charge in [0.2, 0.25) is 0 Å². The van der Waals surface area contributed by atoms with E-state index >= 15 is 0 Å². The Kier molecular flexibility index (Phi) is 8.19. The van der Waals surface area contributed by atoms with Gasteiger partial charge in [-0.3, -0.25) is 4.79 Å². The van der Waals surface area contributed by atoms with Crippen molar-refractivity contribution in [1.82, 2.24) is 5.32 Å². The fourth-order valence-electron chi connectivity index (χ4n) is 4.20. The number of thioether (sulfide) groups is 1. The lowest BCUT2D eigenvalue weighted by Crippen LogP contribution is -2.22. The van der Waals surface area contributed by atoms with Crippen molar-refractivity contribution in [3.05, 3.63) is 75.0 Å². The summed E-state index contributed by atoms with van der Waals surface area (Å²) in [6.07, 6.45) is 0. The zero-order valence-electron chi connectivity index (χ0n) is 22.1. The number of thiophene rings is 1. The fourth-order valence-corrected chi connectivity index (χ4v) is 6.95. The quantitative estimate of drug-likeness (QED) is 0.270. The van der Waals surface area contributed by atoms with E-state index in [0.717, 1.165) is 0 Å². The second kappa shape index (κ2) is 10.6. The Morgan fingerprint density at radius 1 is 1.00 bits per heavy atom. The Morgan fingerprint density at radius 3 is 2.11 bits per heavy atom. The van der Waals surface area contributed by atoms with Crippen molar-refractivity contribution in [2.45, 2.75) is 71.0 Å². The van der Waals surface area contributed by atoms with Gasteiger partial charge in [0.15, 0.2) is 0 Å². The molecule has 2 aromatic carbocycles. The lowest BCUT2D eigenvalue weighted by atomic mass is 9.85.